The molecule has 0 radical (unpaired) electrons. The zero-order valence-electron chi connectivity index (χ0n) is 13.1. The van der Waals surface area contributed by atoms with Gasteiger partial charge >= 0.3 is 0 Å². The molecule has 0 fully saturated rings. The van der Waals surface area contributed by atoms with Crippen LogP contribution in [0.2, 0.25) is 0 Å². The van der Waals surface area contributed by atoms with Gasteiger partial charge in [-0.15, -0.1) is 0 Å². The topological polar surface area (TPSA) is 48.1 Å². The second kappa shape index (κ2) is 5.92. The molecular weight excluding hydrogens is 284 g/mol. The van der Waals surface area contributed by atoms with Crippen molar-refractivity contribution in [2.75, 3.05) is 5.73 Å². The highest BCUT2D eigenvalue weighted by Gasteiger charge is 2.15. The number of para-hydroxylation sites is 1. The van der Waals surface area contributed by atoms with E-state index in [0.717, 1.165) is 40.9 Å². The molecule has 0 saturated heterocycles. The second-order valence-electron chi connectivity index (χ2n) is 6.11. The molecular formula is C20H20N2O. The number of nitrogen functional groups attached to an aromatic ring is 1. The number of nitrogens with zero attached hydrogens (tertiary/aromatic N) is 1. The van der Waals surface area contributed by atoms with E-state index in [1.165, 1.54) is 30.5 Å². The highest BCUT2D eigenvalue weighted by Crippen LogP contribution is 2.33. The van der Waals surface area contributed by atoms with E-state index in [2.05, 4.69) is 0 Å². The van der Waals surface area contributed by atoms with Crippen LogP contribution in [0.5, 0.6) is 11.5 Å². The summed E-state index contributed by atoms with van der Waals surface area (Å²) in [6.07, 6.45) is 5.74. The molecule has 0 saturated carbocycles. The van der Waals surface area contributed by atoms with Gasteiger partial charge in [-0.1, -0.05) is 24.6 Å². The van der Waals surface area contributed by atoms with Crippen molar-refractivity contribution in [3.63, 3.8) is 0 Å². The molecule has 4 rings (SSSR count). The van der Waals surface area contributed by atoms with Gasteiger partial charge in [0, 0.05) is 16.8 Å². The van der Waals surface area contributed by atoms with Crippen molar-refractivity contribution >= 4 is 16.6 Å². The SMILES string of the molecule is Nc1c2c(nc3ccc(Oc4ccccc4)cc13)CCCCC2. The minimum atomic E-state index is 0.797. The summed E-state index contributed by atoms with van der Waals surface area (Å²) in [4.78, 5) is 4.85. The van der Waals surface area contributed by atoms with Crippen LogP contribution in [0.1, 0.15) is 30.5 Å². The van der Waals surface area contributed by atoms with Crippen molar-refractivity contribution in [2.24, 2.45) is 0 Å². The summed E-state index contributed by atoms with van der Waals surface area (Å²) in [7, 11) is 0. The number of hydrogen-bond donors (Lipinski definition) is 1. The van der Waals surface area contributed by atoms with Crippen LogP contribution in [0.3, 0.4) is 0 Å². The van der Waals surface area contributed by atoms with Gasteiger partial charge in [0.15, 0.2) is 0 Å². The van der Waals surface area contributed by atoms with Crippen LogP contribution in [0.25, 0.3) is 10.9 Å². The normalized spacial score (nSPS) is 14.3. The molecule has 3 heteroatoms. The lowest BCUT2D eigenvalue weighted by Gasteiger charge is -2.13. The van der Waals surface area contributed by atoms with Gasteiger partial charge in [-0.05, 0) is 61.6 Å². The molecule has 0 amide bonds. The van der Waals surface area contributed by atoms with E-state index in [1.54, 1.807) is 0 Å². The number of anilines is 1. The number of pyridine rings is 1. The maximum atomic E-state index is 6.48. The van der Waals surface area contributed by atoms with Crippen molar-refractivity contribution in [1.29, 1.82) is 0 Å². The standard InChI is InChI=1S/C20H20N2O/c21-20-16-9-5-2-6-10-18(16)22-19-12-11-15(13-17(19)20)23-14-7-3-1-4-8-14/h1,3-4,7-8,11-13H,2,5-6,9-10H2,(H2,21,22). The summed E-state index contributed by atoms with van der Waals surface area (Å²) in [5, 5.41) is 0.999. The van der Waals surface area contributed by atoms with Crippen LogP contribution in [0.15, 0.2) is 48.5 Å². The van der Waals surface area contributed by atoms with Crippen LogP contribution in [0, 0.1) is 0 Å². The number of benzene rings is 2. The number of nitrogens with two attached hydrogens (primary N) is 1. The second-order valence-corrected chi connectivity index (χ2v) is 6.11. The molecule has 2 N–H and O–H groups in total. The molecule has 1 aliphatic rings. The van der Waals surface area contributed by atoms with Gasteiger partial charge < -0.3 is 10.5 Å². The Morgan fingerprint density at radius 3 is 2.57 bits per heavy atom. The van der Waals surface area contributed by atoms with Crippen molar-refractivity contribution in [3.8, 4) is 11.5 Å². The molecule has 1 aromatic heterocycles. The number of rotatable bonds is 2. The fourth-order valence-electron chi connectivity index (χ4n) is 3.30. The van der Waals surface area contributed by atoms with Gasteiger partial charge in [0.05, 0.1) is 5.52 Å². The van der Waals surface area contributed by atoms with E-state index in [-0.39, 0.29) is 0 Å². The number of ether oxygens (including phenoxy) is 1. The molecule has 3 nitrogen and oxygen atoms in total. The van der Waals surface area contributed by atoms with Crippen molar-refractivity contribution in [3.05, 3.63) is 59.8 Å². The highest BCUT2D eigenvalue weighted by atomic mass is 16.5. The monoisotopic (exact) mass is 304 g/mol. The summed E-state index contributed by atoms with van der Waals surface area (Å²) < 4.78 is 5.93. The lowest BCUT2D eigenvalue weighted by molar-refractivity contribution is 0.483. The van der Waals surface area contributed by atoms with E-state index in [1.807, 2.05) is 48.5 Å². The first-order chi connectivity index (χ1) is 11.3. The Hall–Kier alpha value is -2.55. The number of aryl methyl sites for hydroxylation is 1. The number of hydrogen-bond acceptors (Lipinski definition) is 3. The Morgan fingerprint density at radius 2 is 1.70 bits per heavy atom. The third-order valence-electron chi connectivity index (χ3n) is 4.51. The average molecular weight is 304 g/mol. The van der Waals surface area contributed by atoms with Crippen LogP contribution >= 0.6 is 0 Å². The molecule has 0 unspecified atom stereocenters. The molecule has 0 atom stereocenters. The predicted octanol–water partition coefficient (Wildman–Crippen LogP) is 4.88. The third kappa shape index (κ3) is 2.74. The molecule has 3 aromatic rings. The summed E-state index contributed by atoms with van der Waals surface area (Å²) >= 11 is 0. The van der Waals surface area contributed by atoms with Crippen LogP contribution in [0.4, 0.5) is 5.69 Å². The first-order valence-corrected chi connectivity index (χ1v) is 8.25. The minimum Gasteiger partial charge on any atom is -0.457 e. The summed E-state index contributed by atoms with van der Waals surface area (Å²) in [6.45, 7) is 0. The Kier molecular flexibility index (Phi) is 3.62. The van der Waals surface area contributed by atoms with E-state index in [0.29, 0.717) is 0 Å². The largest absolute Gasteiger partial charge is 0.457 e. The van der Waals surface area contributed by atoms with Crippen LogP contribution in [-0.2, 0) is 12.8 Å². The molecule has 0 aliphatic heterocycles. The Balaban J connectivity index is 1.77. The average Bonchev–Trinajstić information content (AvgIpc) is 2.82. The third-order valence-corrected chi connectivity index (χ3v) is 4.51. The fraction of sp³-hybridized carbons (Fsp3) is 0.250. The van der Waals surface area contributed by atoms with Gasteiger partial charge in [-0.3, -0.25) is 4.98 Å². The number of aromatic nitrogens is 1. The maximum absolute atomic E-state index is 6.48. The van der Waals surface area contributed by atoms with Gasteiger partial charge in [0.1, 0.15) is 11.5 Å². The number of fused-ring (bicyclic) bond motifs is 2. The fourth-order valence-corrected chi connectivity index (χ4v) is 3.30. The smallest absolute Gasteiger partial charge is 0.128 e. The molecule has 1 aliphatic carbocycles. The van der Waals surface area contributed by atoms with Crippen molar-refractivity contribution < 1.29 is 4.74 Å². The first-order valence-electron chi connectivity index (χ1n) is 8.25. The minimum absolute atomic E-state index is 0.797. The summed E-state index contributed by atoms with van der Waals surface area (Å²) in [5.74, 6) is 1.62. The van der Waals surface area contributed by atoms with Crippen LogP contribution < -0.4 is 10.5 Å². The van der Waals surface area contributed by atoms with E-state index in [4.69, 9.17) is 15.5 Å². The molecule has 0 spiro atoms. The molecule has 116 valence electrons. The van der Waals surface area contributed by atoms with E-state index < -0.39 is 0 Å². The molecule has 23 heavy (non-hydrogen) atoms. The lowest BCUT2D eigenvalue weighted by atomic mass is 10.0. The quantitative estimate of drug-likeness (QED) is 0.686. The molecule has 2 aromatic carbocycles. The van der Waals surface area contributed by atoms with Crippen molar-refractivity contribution in [2.45, 2.75) is 32.1 Å². The Labute approximate surface area is 136 Å². The van der Waals surface area contributed by atoms with Gasteiger partial charge in [-0.25, -0.2) is 0 Å². The lowest BCUT2D eigenvalue weighted by Crippen LogP contribution is -2.03. The van der Waals surface area contributed by atoms with Gasteiger partial charge in [-0.2, -0.15) is 0 Å². The maximum Gasteiger partial charge on any atom is 0.128 e. The van der Waals surface area contributed by atoms with Crippen LogP contribution in [-0.4, -0.2) is 4.98 Å². The Bertz CT molecular complexity index is 843. The summed E-state index contributed by atoms with van der Waals surface area (Å²) in [6, 6.07) is 15.8. The van der Waals surface area contributed by atoms with Gasteiger partial charge in [0.2, 0.25) is 0 Å². The molecule has 0 bridgehead atoms. The predicted molar refractivity (Wildman–Crippen MR) is 93.9 cm³/mol. The zero-order valence-corrected chi connectivity index (χ0v) is 13.1. The Morgan fingerprint density at radius 1 is 0.870 bits per heavy atom. The summed E-state index contributed by atoms with van der Waals surface area (Å²) in [5.41, 5.74) is 10.7. The zero-order chi connectivity index (χ0) is 15.6. The highest BCUT2D eigenvalue weighted by molar-refractivity contribution is 5.93. The van der Waals surface area contributed by atoms with E-state index >= 15 is 0 Å². The van der Waals surface area contributed by atoms with Crippen molar-refractivity contribution in [1.82, 2.24) is 4.98 Å². The first kappa shape index (κ1) is 14.1. The van der Waals surface area contributed by atoms with Gasteiger partial charge in [0.25, 0.3) is 0 Å². The van der Waals surface area contributed by atoms with E-state index in [9.17, 15) is 0 Å². The molecule has 1 heterocycles.